The van der Waals surface area contributed by atoms with Crippen LogP contribution in [0.2, 0.25) is 0 Å². The zero-order chi connectivity index (χ0) is 12.8. The van der Waals surface area contributed by atoms with E-state index in [-0.39, 0.29) is 0 Å². The average molecular weight is 248 g/mol. The van der Waals surface area contributed by atoms with Gasteiger partial charge in [-0.25, -0.2) is 0 Å². The fourth-order valence-electron chi connectivity index (χ4n) is 1.93. The summed E-state index contributed by atoms with van der Waals surface area (Å²) >= 11 is 0. The molecule has 1 N–H and O–H groups in total. The minimum absolute atomic E-state index is 0.668. The van der Waals surface area contributed by atoms with Crippen LogP contribution in [0.3, 0.4) is 0 Å². The third-order valence-electron chi connectivity index (χ3n) is 3.21. The molecule has 0 bridgehead atoms. The van der Waals surface area contributed by atoms with Crippen molar-refractivity contribution in [2.24, 2.45) is 11.8 Å². The quantitative estimate of drug-likeness (QED) is 0.768. The molecule has 0 aliphatic heterocycles. The van der Waals surface area contributed by atoms with Crippen molar-refractivity contribution in [1.29, 1.82) is 0 Å². The van der Waals surface area contributed by atoms with Crippen molar-refractivity contribution in [3.8, 4) is 5.75 Å². The Labute approximate surface area is 110 Å². The summed E-state index contributed by atoms with van der Waals surface area (Å²) in [6, 6.07) is 1.97. The summed E-state index contributed by atoms with van der Waals surface area (Å²) in [5, 5.41) is 3.43. The molecular formula is C15H24N2O. The predicted octanol–water partition coefficient (Wildman–Crippen LogP) is 3.01. The molecule has 1 fully saturated rings. The van der Waals surface area contributed by atoms with Gasteiger partial charge in [0, 0.05) is 24.5 Å². The van der Waals surface area contributed by atoms with Crippen LogP contribution in [0.5, 0.6) is 5.75 Å². The monoisotopic (exact) mass is 248 g/mol. The summed E-state index contributed by atoms with van der Waals surface area (Å²) in [5.74, 6) is 2.58. The van der Waals surface area contributed by atoms with E-state index in [1.165, 1.54) is 19.3 Å². The Balaban J connectivity index is 1.79. The van der Waals surface area contributed by atoms with Crippen molar-refractivity contribution in [2.75, 3.05) is 13.2 Å². The number of hydrogen-bond acceptors (Lipinski definition) is 3. The van der Waals surface area contributed by atoms with Crippen LogP contribution in [0, 0.1) is 11.8 Å². The number of nitrogens with one attached hydrogen (secondary N) is 1. The minimum Gasteiger partial charge on any atom is -0.493 e. The van der Waals surface area contributed by atoms with Gasteiger partial charge in [-0.1, -0.05) is 26.7 Å². The van der Waals surface area contributed by atoms with E-state index >= 15 is 0 Å². The van der Waals surface area contributed by atoms with Crippen LogP contribution in [0.25, 0.3) is 0 Å². The Morgan fingerprint density at radius 1 is 1.44 bits per heavy atom. The number of ether oxygens (including phenoxy) is 1. The molecule has 0 amide bonds. The van der Waals surface area contributed by atoms with E-state index in [9.17, 15) is 0 Å². The van der Waals surface area contributed by atoms with E-state index in [1.54, 1.807) is 6.20 Å². The Kier molecular flexibility index (Phi) is 5.00. The molecule has 0 saturated heterocycles. The first-order valence-corrected chi connectivity index (χ1v) is 7.02. The number of pyridine rings is 1. The normalized spacial score (nSPS) is 15.1. The van der Waals surface area contributed by atoms with Crippen molar-refractivity contribution < 1.29 is 4.74 Å². The lowest BCUT2D eigenvalue weighted by Gasteiger charge is -2.12. The van der Waals surface area contributed by atoms with Crippen molar-refractivity contribution in [2.45, 2.75) is 39.7 Å². The van der Waals surface area contributed by atoms with Crippen LogP contribution >= 0.6 is 0 Å². The highest BCUT2D eigenvalue weighted by Crippen LogP contribution is 2.32. The molecule has 3 heteroatoms. The first-order chi connectivity index (χ1) is 8.75. The maximum absolute atomic E-state index is 5.87. The Morgan fingerprint density at radius 3 is 3.00 bits per heavy atom. The standard InChI is InChI=1S/C15H24N2O/c1-12(2)9-17-11-14-10-16-7-5-15(14)18-8-6-13-3-4-13/h5,7,10,12-13,17H,3-4,6,8-9,11H2,1-2H3. The van der Waals surface area contributed by atoms with Gasteiger partial charge in [0.25, 0.3) is 0 Å². The number of aromatic nitrogens is 1. The van der Waals surface area contributed by atoms with Gasteiger partial charge in [-0.2, -0.15) is 0 Å². The Morgan fingerprint density at radius 2 is 2.28 bits per heavy atom. The van der Waals surface area contributed by atoms with E-state index in [4.69, 9.17) is 4.74 Å². The lowest BCUT2D eigenvalue weighted by molar-refractivity contribution is 0.298. The molecule has 3 nitrogen and oxygen atoms in total. The summed E-state index contributed by atoms with van der Waals surface area (Å²) in [6.07, 6.45) is 7.68. The van der Waals surface area contributed by atoms with Gasteiger partial charge in [0.05, 0.1) is 6.61 Å². The maximum Gasteiger partial charge on any atom is 0.126 e. The zero-order valence-electron chi connectivity index (χ0n) is 11.5. The molecular weight excluding hydrogens is 224 g/mol. The van der Waals surface area contributed by atoms with Crippen LogP contribution in [-0.4, -0.2) is 18.1 Å². The molecule has 1 aliphatic carbocycles. The largest absolute Gasteiger partial charge is 0.493 e. The Hall–Kier alpha value is -1.09. The number of nitrogens with zero attached hydrogens (tertiary/aromatic N) is 1. The fourth-order valence-corrected chi connectivity index (χ4v) is 1.93. The van der Waals surface area contributed by atoms with Crippen molar-refractivity contribution in [3.63, 3.8) is 0 Å². The summed E-state index contributed by atoms with van der Waals surface area (Å²) in [5.41, 5.74) is 1.16. The second-order valence-electron chi connectivity index (χ2n) is 5.59. The van der Waals surface area contributed by atoms with Crippen molar-refractivity contribution in [1.82, 2.24) is 10.3 Å². The summed E-state index contributed by atoms with van der Waals surface area (Å²) in [6.45, 7) is 7.12. The molecule has 2 rings (SSSR count). The Bertz CT molecular complexity index is 334. The molecule has 100 valence electrons. The number of hydrogen-bond donors (Lipinski definition) is 1. The van der Waals surface area contributed by atoms with Gasteiger partial charge >= 0.3 is 0 Å². The molecule has 0 unspecified atom stereocenters. The second kappa shape index (κ2) is 6.74. The molecule has 0 radical (unpaired) electrons. The topological polar surface area (TPSA) is 34.2 Å². The minimum atomic E-state index is 0.668. The van der Waals surface area contributed by atoms with Crippen LogP contribution in [0.15, 0.2) is 18.5 Å². The van der Waals surface area contributed by atoms with E-state index in [2.05, 4.69) is 24.1 Å². The highest BCUT2D eigenvalue weighted by atomic mass is 16.5. The predicted molar refractivity (Wildman–Crippen MR) is 73.6 cm³/mol. The first-order valence-electron chi connectivity index (χ1n) is 7.02. The van der Waals surface area contributed by atoms with Gasteiger partial charge in [-0.05, 0) is 30.9 Å². The molecule has 1 aromatic rings. The van der Waals surface area contributed by atoms with Crippen LogP contribution in [-0.2, 0) is 6.54 Å². The van der Waals surface area contributed by atoms with E-state index in [0.29, 0.717) is 5.92 Å². The van der Waals surface area contributed by atoms with Gasteiger partial charge < -0.3 is 10.1 Å². The molecule has 0 atom stereocenters. The lowest BCUT2D eigenvalue weighted by Crippen LogP contribution is -2.19. The first kappa shape index (κ1) is 13.3. The van der Waals surface area contributed by atoms with Crippen LogP contribution in [0.4, 0.5) is 0 Å². The van der Waals surface area contributed by atoms with E-state index in [0.717, 1.165) is 36.9 Å². The SMILES string of the molecule is CC(C)CNCc1cnccc1OCCC1CC1. The maximum atomic E-state index is 5.87. The molecule has 18 heavy (non-hydrogen) atoms. The smallest absolute Gasteiger partial charge is 0.126 e. The van der Waals surface area contributed by atoms with Crippen molar-refractivity contribution in [3.05, 3.63) is 24.0 Å². The summed E-state index contributed by atoms with van der Waals surface area (Å²) in [7, 11) is 0. The third kappa shape index (κ3) is 4.65. The number of rotatable bonds is 8. The van der Waals surface area contributed by atoms with Gasteiger partial charge in [0.15, 0.2) is 0 Å². The van der Waals surface area contributed by atoms with Crippen LogP contribution in [0.1, 0.15) is 38.7 Å². The summed E-state index contributed by atoms with van der Waals surface area (Å²) < 4.78 is 5.87. The highest BCUT2D eigenvalue weighted by Gasteiger charge is 2.20. The van der Waals surface area contributed by atoms with Crippen molar-refractivity contribution >= 4 is 0 Å². The van der Waals surface area contributed by atoms with E-state index in [1.807, 2.05) is 12.3 Å². The lowest BCUT2D eigenvalue weighted by atomic mass is 10.2. The van der Waals surface area contributed by atoms with Gasteiger partial charge in [0.2, 0.25) is 0 Å². The van der Waals surface area contributed by atoms with Gasteiger partial charge in [0.1, 0.15) is 5.75 Å². The molecule has 1 aromatic heterocycles. The molecule has 1 saturated carbocycles. The zero-order valence-corrected chi connectivity index (χ0v) is 11.5. The molecule has 1 heterocycles. The van der Waals surface area contributed by atoms with Gasteiger partial charge in [-0.3, -0.25) is 4.98 Å². The second-order valence-corrected chi connectivity index (χ2v) is 5.59. The average Bonchev–Trinajstić information content (AvgIpc) is 3.15. The molecule has 1 aliphatic rings. The highest BCUT2D eigenvalue weighted by molar-refractivity contribution is 5.29. The third-order valence-corrected chi connectivity index (χ3v) is 3.21. The van der Waals surface area contributed by atoms with Gasteiger partial charge in [-0.15, -0.1) is 0 Å². The molecule has 0 spiro atoms. The molecule has 0 aromatic carbocycles. The summed E-state index contributed by atoms with van der Waals surface area (Å²) in [4.78, 5) is 4.18. The van der Waals surface area contributed by atoms with E-state index < -0.39 is 0 Å². The fraction of sp³-hybridized carbons (Fsp3) is 0.667. The van der Waals surface area contributed by atoms with Crippen LogP contribution < -0.4 is 10.1 Å².